The maximum atomic E-state index is 13.6. The standard InChI is InChI=1S/C28H39N9O6/c29-10-4-3-6-19(30)25(39)36-22(11-16-13-33-20-7-2-1-5-18(16)20)27(41)35-21(8-9-24(31)38)26(40)37-23(28(42)43)12-17-14-32-15-34-17/h1-2,5,7,13-15,19,21-23,33H,3-4,6,8-12,29-30H2,(H2,31,38)(H,32,34)(H,35,41)(H,36,39)(H,37,40)(H,42,43). The number of nitrogens with two attached hydrogens (primary N) is 3. The number of nitrogens with zero attached hydrogens (tertiary/aromatic N) is 1. The van der Waals surface area contributed by atoms with E-state index in [0.717, 1.165) is 16.5 Å². The van der Waals surface area contributed by atoms with Gasteiger partial charge >= 0.3 is 5.97 Å². The lowest BCUT2D eigenvalue weighted by Gasteiger charge is -2.25. The summed E-state index contributed by atoms with van der Waals surface area (Å²) in [5, 5.41) is 18.2. The molecule has 2 aromatic heterocycles. The Bertz CT molecular complexity index is 1390. The highest BCUT2D eigenvalue weighted by Gasteiger charge is 2.31. The van der Waals surface area contributed by atoms with Crippen LogP contribution in [0, 0.1) is 0 Å². The van der Waals surface area contributed by atoms with Crippen LogP contribution in [0.4, 0.5) is 0 Å². The summed E-state index contributed by atoms with van der Waals surface area (Å²) in [7, 11) is 0. The van der Waals surface area contributed by atoms with Crippen molar-refractivity contribution in [2.45, 2.75) is 69.1 Å². The van der Waals surface area contributed by atoms with Gasteiger partial charge in [0.05, 0.1) is 12.4 Å². The number of benzene rings is 1. The molecule has 232 valence electrons. The highest BCUT2D eigenvalue weighted by molar-refractivity contribution is 5.95. The number of carboxylic acids is 1. The van der Waals surface area contributed by atoms with Crippen molar-refractivity contribution >= 4 is 40.5 Å². The van der Waals surface area contributed by atoms with E-state index in [1.54, 1.807) is 6.20 Å². The Kier molecular flexibility index (Phi) is 12.2. The van der Waals surface area contributed by atoms with E-state index < -0.39 is 53.8 Å². The number of amides is 4. The number of carboxylic acid groups (broad SMARTS) is 1. The van der Waals surface area contributed by atoms with Gasteiger partial charge in [0.2, 0.25) is 23.6 Å². The molecule has 0 bridgehead atoms. The van der Waals surface area contributed by atoms with Gasteiger partial charge in [-0.25, -0.2) is 9.78 Å². The molecular weight excluding hydrogens is 558 g/mol. The smallest absolute Gasteiger partial charge is 0.326 e. The van der Waals surface area contributed by atoms with Crippen LogP contribution < -0.4 is 33.2 Å². The fourth-order valence-electron chi connectivity index (χ4n) is 4.56. The van der Waals surface area contributed by atoms with Crippen LogP contribution in [-0.2, 0) is 36.8 Å². The summed E-state index contributed by atoms with van der Waals surface area (Å²) in [6.07, 6.45) is 5.70. The number of hydrogen-bond donors (Lipinski definition) is 9. The number of para-hydroxylation sites is 1. The highest BCUT2D eigenvalue weighted by atomic mass is 16.4. The minimum Gasteiger partial charge on any atom is -0.480 e. The summed E-state index contributed by atoms with van der Waals surface area (Å²) >= 11 is 0. The molecule has 0 aliphatic rings. The molecule has 0 aliphatic carbocycles. The maximum Gasteiger partial charge on any atom is 0.326 e. The number of carbonyl (C=O) groups is 5. The Morgan fingerprint density at radius 3 is 2.26 bits per heavy atom. The second kappa shape index (κ2) is 16.0. The van der Waals surface area contributed by atoms with Gasteiger partial charge in [-0.05, 0) is 37.4 Å². The second-order valence-electron chi connectivity index (χ2n) is 10.3. The van der Waals surface area contributed by atoms with E-state index in [9.17, 15) is 29.1 Å². The Balaban J connectivity index is 1.81. The molecule has 0 fully saturated rings. The summed E-state index contributed by atoms with van der Waals surface area (Å²) in [4.78, 5) is 73.0. The molecular formula is C28H39N9O6. The number of nitrogens with one attached hydrogen (secondary N) is 5. The minimum atomic E-state index is -1.35. The molecule has 4 atom stereocenters. The second-order valence-corrected chi connectivity index (χ2v) is 10.3. The lowest BCUT2D eigenvalue weighted by atomic mass is 10.0. The average Bonchev–Trinajstić information content (AvgIpc) is 3.64. The molecule has 0 spiro atoms. The molecule has 0 saturated heterocycles. The third kappa shape index (κ3) is 9.93. The van der Waals surface area contributed by atoms with Gasteiger partial charge in [0.15, 0.2) is 0 Å². The zero-order valence-electron chi connectivity index (χ0n) is 23.7. The van der Waals surface area contributed by atoms with Crippen LogP contribution in [0.25, 0.3) is 10.9 Å². The number of unbranched alkanes of at least 4 members (excludes halogenated alkanes) is 1. The molecule has 12 N–H and O–H groups in total. The average molecular weight is 598 g/mol. The SMILES string of the molecule is NCCCCC(N)C(=O)NC(Cc1c[nH]c2ccccc12)C(=O)NC(CCC(N)=O)C(=O)NC(Cc1cnc[nH]1)C(=O)O. The topological polar surface area (TPSA) is 264 Å². The van der Waals surface area contributed by atoms with Gasteiger partial charge in [-0.15, -0.1) is 0 Å². The number of aromatic amines is 2. The van der Waals surface area contributed by atoms with Gasteiger partial charge in [0, 0.05) is 48.3 Å². The van der Waals surface area contributed by atoms with E-state index in [-0.39, 0.29) is 25.7 Å². The van der Waals surface area contributed by atoms with E-state index in [0.29, 0.717) is 31.5 Å². The third-order valence-electron chi connectivity index (χ3n) is 6.94. The van der Waals surface area contributed by atoms with E-state index in [2.05, 4.69) is 30.9 Å². The van der Waals surface area contributed by atoms with E-state index in [1.807, 2.05) is 24.3 Å². The highest BCUT2D eigenvalue weighted by Crippen LogP contribution is 2.19. The molecule has 4 unspecified atom stereocenters. The molecule has 2 heterocycles. The number of imidazole rings is 1. The largest absolute Gasteiger partial charge is 0.480 e. The van der Waals surface area contributed by atoms with Crippen LogP contribution in [0.3, 0.4) is 0 Å². The Morgan fingerprint density at radius 2 is 1.58 bits per heavy atom. The van der Waals surface area contributed by atoms with Gasteiger partial charge in [-0.1, -0.05) is 24.6 Å². The number of aromatic nitrogens is 3. The summed E-state index contributed by atoms with van der Waals surface area (Å²) in [6, 6.07) is 2.70. The van der Waals surface area contributed by atoms with E-state index in [4.69, 9.17) is 17.2 Å². The van der Waals surface area contributed by atoms with Crippen molar-refractivity contribution in [1.82, 2.24) is 30.9 Å². The first-order valence-electron chi connectivity index (χ1n) is 14.0. The molecule has 3 rings (SSSR count). The first-order valence-corrected chi connectivity index (χ1v) is 14.0. The quantitative estimate of drug-likeness (QED) is 0.0807. The van der Waals surface area contributed by atoms with Crippen molar-refractivity contribution in [3.63, 3.8) is 0 Å². The molecule has 0 radical (unpaired) electrons. The monoisotopic (exact) mass is 597 g/mol. The molecule has 43 heavy (non-hydrogen) atoms. The summed E-state index contributed by atoms with van der Waals surface area (Å²) < 4.78 is 0. The number of rotatable bonds is 18. The fourth-order valence-corrected chi connectivity index (χ4v) is 4.56. The Morgan fingerprint density at radius 1 is 0.884 bits per heavy atom. The summed E-state index contributed by atoms with van der Waals surface area (Å²) in [6.45, 7) is 0.458. The van der Waals surface area contributed by atoms with Crippen molar-refractivity contribution in [2.75, 3.05) is 6.54 Å². The van der Waals surface area contributed by atoms with Crippen molar-refractivity contribution in [2.24, 2.45) is 17.2 Å². The minimum absolute atomic E-state index is 0.0544. The molecule has 0 aliphatic heterocycles. The zero-order valence-corrected chi connectivity index (χ0v) is 23.7. The predicted molar refractivity (Wildman–Crippen MR) is 157 cm³/mol. The first-order chi connectivity index (χ1) is 20.6. The lowest BCUT2D eigenvalue weighted by molar-refractivity contribution is -0.142. The Hall–Kier alpha value is -4.76. The summed E-state index contributed by atoms with van der Waals surface area (Å²) in [5.74, 6) is -4.14. The third-order valence-corrected chi connectivity index (χ3v) is 6.94. The van der Waals surface area contributed by atoms with Crippen molar-refractivity contribution in [1.29, 1.82) is 0 Å². The molecule has 1 aromatic carbocycles. The van der Waals surface area contributed by atoms with Crippen molar-refractivity contribution in [3.05, 3.63) is 54.2 Å². The van der Waals surface area contributed by atoms with Crippen molar-refractivity contribution < 1.29 is 29.1 Å². The fraction of sp³-hybridized carbons (Fsp3) is 0.429. The van der Waals surface area contributed by atoms with Crippen LogP contribution in [0.2, 0.25) is 0 Å². The van der Waals surface area contributed by atoms with Gasteiger partial charge < -0.3 is 48.2 Å². The van der Waals surface area contributed by atoms with Gasteiger partial charge in [0.25, 0.3) is 0 Å². The maximum absolute atomic E-state index is 13.6. The number of H-pyrrole nitrogens is 2. The summed E-state index contributed by atoms with van der Waals surface area (Å²) in [5.41, 5.74) is 18.9. The number of fused-ring (bicyclic) bond motifs is 1. The predicted octanol–water partition coefficient (Wildman–Crippen LogP) is -1.06. The number of carbonyl (C=O) groups excluding carboxylic acids is 4. The van der Waals surface area contributed by atoms with Gasteiger partial charge in [-0.2, -0.15) is 0 Å². The number of hydrogen-bond acceptors (Lipinski definition) is 8. The van der Waals surface area contributed by atoms with Crippen LogP contribution in [0.15, 0.2) is 43.0 Å². The van der Waals surface area contributed by atoms with Crippen molar-refractivity contribution in [3.8, 4) is 0 Å². The van der Waals surface area contributed by atoms with Gasteiger partial charge in [-0.3, -0.25) is 19.2 Å². The normalized spacial score (nSPS) is 13.9. The van der Waals surface area contributed by atoms with E-state index in [1.165, 1.54) is 12.5 Å². The van der Waals surface area contributed by atoms with Crippen LogP contribution in [-0.4, -0.2) is 80.4 Å². The number of aliphatic carboxylic acids is 1. The van der Waals surface area contributed by atoms with Gasteiger partial charge in [0.1, 0.15) is 18.1 Å². The molecule has 15 heteroatoms. The number of primary amides is 1. The molecule has 15 nitrogen and oxygen atoms in total. The van der Waals surface area contributed by atoms with E-state index >= 15 is 0 Å². The lowest BCUT2D eigenvalue weighted by Crippen LogP contribution is -2.58. The first kappa shape index (κ1) is 32.8. The molecule has 3 aromatic rings. The molecule has 4 amide bonds. The zero-order chi connectivity index (χ0) is 31.4. The van der Waals surface area contributed by atoms with Crippen LogP contribution >= 0.6 is 0 Å². The van der Waals surface area contributed by atoms with Crippen LogP contribution in [0.5, 0.6) is 0 Å². The molecule has 0 saturated carbocycles. The van der Waals surface area contributed by atoms with Crippen LogP contribution in [0.1, 0.15) is 43.4 Å². The Labute approximate surface area is 247 Å².